The lowest BCUT2D eigenvalue weighted by molar-refractivity contribution is -0.124. The molecule has 0 aromatic heterocycles. The minimum atomic E-state index is -0.321. The van der Waals surface area contributed by atoms with Gasteiger partial charge in [0.15, 0.2) is 0 Å². The van der Waals surface area contributed by atoms with Crippen molar-refractivity contribution in [1.29, 1.82) is 0 Å². The Balaban J connectivity index is 0.00000121. The van der Waals surface area contributed by atoms with E-state index in [9.17, 15) is 9.90 Å². The van der Waals surface area contributed by atoms with Crippen molar-refractivity contribution in [2.45, 2.75) is 25.0 Å². The SMILES string of the molecule is CNC(=O)C1CC(O)CCN1.Cl. The van der Waals surface area contributed by atoms with E-state index in [4.69, 9.17) is 0 Å². The van der Waals surface area contributed by atoms with Gasteiger partial charge in [-0.3, -0.25) is 4.79 Å². The molecular formula is C7H15ClN2O2. The van der Waals surface area contributed by atoms with E-state index >= 15 is 0 Å². The van der Waals surface area contributed by atoms with Crippen molar-refractivity contribution in [1.82, 2.24) is 10.6 Å². The first-order valence-corrected chi connectivity index (χ1v) is 3.87. The summed E-state index contributed by atoms with van der Waals surface area (Å²) in [5.41, 5.74) is 0. The van der Waals surface area contributed by atoms with Gasteiger partial charge in [0.1, 0.15) is 0 Å². The lowest BCUT2D eigenvalue weighted by Crippen LogP contribution is -2.49. The zero-order valence-corrected chi connectivity index (χ0v) is 7.86. The number of halogens is 1. The third-order valence-corrected chi connectivity index (χ3v) is 1.94. The van der Waals surface area contributed by atoms with Crippen molar-refractivity contribution in [3.8, 4) is 0 Å². The monoisotopic (exact) mass is 194 g/mol. The molecule has 3 N–H and O–H groups in total. The molecule has 1 aliphatic rings. The van der Waals surface area contributed by atoms with Crippen LogP contribution < -0.4 is 10.6 Å². The van der Waals surface area contributed by atoms with Crippen LogP contribution in [0, 0.1) is 0 Å². The molecule has 1 heterocycles. The standard InChI is InChI=1S/C7H14N2O2.ClH/c1-8-7(11)6-4-5(10)2-3-9-6;/h5-6,9-10H,2-4H2,1H3,(H,8,11);1H. The summed E-state index contributed by atoms with van der Waals surface area (Å²) in [4.78, 5) is 11.0. The maximum atomic E-state index is 11.0. The molecule has 5 heteroatoms. The molecule has 4 nitrogen and oxygen atoms in total. The summed E-state index contributed by atoms with van der Waals surface area (Å²) >= 11 is 0. The molecule has 0 aromatic carbocycles. The fourth-order valence-electron chi connectivity index (χ4n) is 1.27. The van der Waals surface area contributed by atoms with Crippen LogP contribution in [0.25, 0.3) is 0 Å². The normalized spacial score (nSPS) is 28.8. The van der Waals surface area contributed by atoms with E-state index in [1.807, 2.05) is 0 Å². The van der Waals surface area contributed by atoms with Crippen LogP contribution in [0.15, 0.2) is 0 Å². The number of hydrogen-bond acceptors (Lipinski definition) is 3. The number of carbonyl (C=O) groups excluding carboxylic acids is 1. The Morgan fingerprint density at radius 2 is 2.33 bits per heavy atom. The number of piperidine rings is 1. The van der Waals surface area contributed by atoms with E-state index < -0.39 is 0 Å². The van der Waals surface area contributed by atoms with E-state index in [2.05, 4.69) is 10.6 Å². The number of amides is 1. The topological polar surface area (TPSA) is 61.4 Å². The summed E-state index contributed by atoms with van der Waals surface area (Å²) in [6.07, 6.45) is 0.950. The second kappa shape index (κ2) is 5.35. The fourth-order valence-corrected chi connectivity index (χ4v) is 1.27. The zero-order valence-electron chi connectivity index (χ0n) is 7.04. The molecule has 2 unspecified atom stereocenters. The average molecular weight is 195 g/mol. The van der Waals surface area contributed by atoms with Crippen LogP contribution in [-0.2, 0) is 4.79 Å². The predicted molar refractivity (Wildman–Crippen MR) is 48.3 cm³/mol. The van der Waals surface area contributed by atoms with Gasteiger partial charge in [-0.05, 0) is 19.4 Å². The Hall–Kier alpha value is -0.320. The van der Waals surface area contributed by atoms with Crippen LogP contribution in [0.4, 0.5) is 0 Å². The molecule has 1 rings (SSSR count). The molecule has 0 aliphatic carbocycles. The molecule has 72 valence electrons. The molecule has 1 fully saturated rings. The molecule has 0 radical (unpaired) electrons. The third kappa shape index (κ3) is 2.97. The molecule has 1 aliphatic heterocycles. The number of nitrogens with one attached hydrogen (secondary N) is 2. The highest BCUT2D eigenvalue weighted by atomic mass is 35.5. The summed E-state index contributed by atoms with van der Waals surface area (Å²) in [5.74, 6) is -0.0382. The van der Waals surface area contributed by atoms with E-state index in [1.54, 1.807) is 7.05 Å². The predicted octanol–water partition coefficient (Wildman–Crippen LogP) is -0.733. The van der Waals surface area contributed by atoms with Crippen molar-refractivity contribution in [2.24, 2.45) is 0 Å². The van der Waals surface area contributed by atoms with Crippen molar-refractivity contribution in [3.05, 3.63) is 0 Å². The van der Waals surface area contributed by atoms with Crippen LogP contribution in [0.1, 0.15) is 12.8 Å². The Morgan fingerprint density at radius 3 is 2.83 bits per heavy atom. The quantitative estimate of drug-likeness (QED) is 0.516. The number of rotatable bonds is 1. The van der Waals surface area contributed by atoms with Crippen LogP contribution in [0.2, 0.25) is 0 Å². The molecule has 12 heavy (non-hydrogen) atoms. The largest absolute Gasteiger partial charge is 0.393 e. The first-order valence-electron chi connectivity index (χ1n) is 3.87. The fraction of sp³-hybridized carbons (Fsp3) is 0.857. The molecule has 0 bridgehead atoms. The number of aliphatic hydroxyl groups excluding tert-OH is 1. The van der Waals surface area contributed by atoms with Crippen LogP contribution in [0.5, 0.6) is 0 Å². The molecule has 2 atom stereocenters. The zero-order chi connectivity index (χ0) is 8.27. The second-order valence-corrected chi connectivity index (χ2v) is 2.80. The maximum absolute atomic E-state index is 11.0. The summed E-state index contributed by atoms with van der Waals surface area (Å²) < 4.78 is 0. The summed E-state index contributed by atoms with van der Waals surface area (Å²) in [7, 11) is 1.60. The Bertz CT molecular complexity index is 154. The molecule has 1 saturated heterocycles. The minimum absolute atomic E-state index is 0. The Morgan fingerprint density at radius 1 is 1.67 bits per heavy atom. The Kier molecular flexibility index (Phi) is 5.20. The number of aliphatic hydroxyl groups is 1. The van der Waals surface area contributed by atoms with E-state index in [1.165, 1.54) is 0 Å². The lowest BCUT2D eigenvalue weighted by Gasteiger charge is -2.25. The Labute approximate surface area is 78.1 Å². The van der Waals surface area contributed by atoms with Gasteiger partial charge < -0.3 is 15.7 Å². The van der Waals surface area contributed by atoms with Gasteiger partial charge in [0.25, 0.3) is 0 Å². The third-order valence-electron chi connectivity index (χ3n) is 1.94. The summed E-state index contributed by atoms with van der Waals surface area (Å²) in [6.45, 7) is 0.721. The van der Waals surface area contributed by atoms with Gasteiger partial charge >= 0.3 is 0 Å². The van der Waals surface area contributed by atoms with E-state index in [0.29, 0.717) is 6.42 Å². The smallest absolute Gasteiger partial charge is 0.236 e. The highest BCUT2D eigenvalue weighted by Gasteiger charge is 2.24. The van der Waals surface area contributed by atoms with Gasteiger partial charge in [-0.1, -0.05) is 0 Å². The molecule has 0 saturated carbocycles. The first kappa shape index (κ1) is 11.7. The van der Waals surface area contributed by atoms with Gasteiger partial charge in [0, 0.05) is 7.05 Å². The molecule has 1 amide bonds. The molecule has 0 spiro atoms. The van der Waals surface area contributed by atoms with E-state index in [-0.39, 0.29) is 30.5 Å². The highest BCUT2D eigenvalue weighted by Crippen LogP contribution is 2.07. The summed E-state index contributed by atoms with van der Waals surface area (Å²) in [5, 5.41) is 14.8. The average Bonchev–Trinajstić information content (AvgIpc) is 2.03. The van der Waals surface area contributed by atoms with Crippen molar-refractivity contribution in [3.63, 3.8) is 0 Å². The van der Waals surface area contributed by atoms with Crippen molar-refractivity contribution < 1.29 is 9.90 Å². The van der Waals surface area contributed by atoms with Crippen LogP contribution >= 0.6 is 12.4 Å². The highest BCUT2D eigenvalue weighted by molar-refractivity contribution is 5.85. The molecular weight excluding hydrogens is 180 g/mol. The minimum Gasteiger partial charge on any atom is -0.393 e. The van der Waals surface area contributed by atoms with E-state index in [0.717, 1.165) is 13.0 Å². The summed E-state index contributed by atoms with van der Waals surface area (Å²) in [6, 6.07) is -0.205. The van der Waals surface area contributed by atoms with Crippen LogP contribution in [0.3, 0.4) is 0 Å². The van der Waals surface area contributed by atoms with Crippen molar-refractivity contribution in [2.75, 3.05) is 13.6 Å². The van der Waals surface area contributed by atoms with Gasteiger partial charge in [-0.2, -0.15) is 0 Å². The number of hydrogen-bond donors (Lipinski definition) is 3. The number of likely N-dealkylation sites (N-methyl/N-ethyl adjacent to an activating group) is 1. The maximum Gasteiger partial charge on any atom is 0.236 e. The van der Waals surface area contributed by atoms with Crippen molar-refractivity contribution >= 4 is 18.3 Å². The first-order chi connectivity index (χ1) is 5.24. The van der Waals surface area contributed by atoms with Gasteiger partial charge in [0.05, 0.1) is 12.1 Å². The molecule has 0 aromatic rings. The number of carbonyl (C=O) groups is 1. The van der Waals surface area contributed by atoms with Gasteiger partial charge in [-0.15, -0.1) is 12.4 Å². The van der Waals surface area contributed by atoms with Gasteiger partial charge in [0.2, 0.25) is 5.91 Å². The van der Waals surface area contributed by atoms with Gasteiger partial charge in [-0.25, -0.2) is 0 Å². The van der Waals surface area contributed by atoms with Crippen LogP contribution in [-0.4, -0.2) is 36.8 Å². The second-order valence-electron chi connectivity index (χ2n) is 2.80. The lowest BCUT2D eigenvalue weighted by atomic mass is 10.0.